The number of methoxy groups -OCH3 is 1. The van der Waals surface area contributed by atoms with Crippen molar-refractivity contribution in [1.29, 1.82) is 0 Å². The lowest BCUT2D eigenvalue weighted by molar-refractivity contribution is -0.179. The van der Waals surface area contributed by atoms with E-state index >= 15 is 0 Å². The third-order valence-corrected chi connectivity index (χ3v) is 11.4. The molecule has 2 N–H and O–H groups in total. The van der Waals surface area contributed by atoms with Crippen LogP contribution in [-0.4, -0.2) is 104 Å². The third-order valence-electron chi connectivity index (χ3n) is 11.4. The minimum Gasteiger partial charge on any atom is -0.396 e. The van der Waals surface area contributed by atoms with Crippen LogP contribution in [0.15, 0.2) is 0 Å². The number of rotatable bonds is 8. The van der Waals surface area contributed by atoms with Gasteiger partial charge in [-0.1, -0.05) is 0 Å². The topological polar surface area (TPSA) is 74.3 Å². The molecule has 0 radical (unpaired) electrons. The van der Waals surface area contributed by atoms with Crippen LogP contribution in [-0.2, 0) is 14.3 Å². The highest BCUT2D eigenvalue weighted by molar-refractivity contribution is 5.79. The van der Waals surface area contributed by atoms with E-state index < -0.39 is 12.1 Å². The maximum absolute atomic E-state index is 13.3. The van der Waals surface area contributed by atoms with Crippen LogP contribution in [0.4, 0.5) is 13.2 Å². The molecule has 5 unspecified atom stereocenters. The van der Waals surface area contributed by atoms with E-state index in [1.165, 1.54) is 19.3 Å². The summed E-state index contributed by atoms with van der Waals surface area (Å²) in [4.78, 5) is 17.6. The first kappa shape index (κ1) is 32.5. The minimum absolute atomic E-state index is 0.0110. The summed E-state index contributed by atoms with van der Waals surface area (Å²) < 4.78 is 51.0. The van der Waals surface area contributed by atoms with E-state index in [-0.39, 0.29) is 55.6 Å². The monoisotopic (exact) mass is 601 g/mol. The molecule has 0 aromatic carbocycles. The second-order valence-corrected chi connectivity index (χ2v) is 14.0. The van der Waals surface area contributed by atoms with Crippen LogP contribution in [0.5, 0.6) is 0 Å². The molecule has 42 heavy (non-hydrogen) atoms. The van der Waals surface area contributed by atoms with Crippen molar-refractivity contribution in [1.82, 2.24) is 15.1 Å². The molecular weight excluding hydrogens is 547 g/mol. The lowest BCUT2D eigenvalue weighted by Gasteiger charge is -2.43. The number of aliphatic hydroxyl groups is 1. The Kier molecular flexibility index (Phi) is 11.5. The van der Waals surface area contributed by atoms with Gasteiger partial charge in [0.15, 0.2) is 0 Å². The van der Waals surface area contributed by atoms with Crippen LogP contribution in [0.3, 0.4) is 0 Å². The number of halogens is 3. The van der Waals surface area contributed by atoms with Crippen LogP contribution in [0.25, 0.3) is 0 Å². The third kappa shape index (κ3) is 8.40. The van der Waals surface area contributed by atoms with Gasteiger partial charge < -0.3 is 24.8 Å². The molecule has 7 nitrogen and oxygen atoms in total. The van der Waals surface area contributed by atoms with Crippen molar-refractivity contribution in [3.8, 4) is 0 Å². The zero-order chi connectivity index (χ0) is 29.7. The van der Waals surface area contributed by atoms with Gasteiger partial charge in [0.25, 0.3) is 0 Å². The molecule has 10 heteroatoms. The lowest BCUT2D eigenvalue weighted by atomic mass is 9.69. The molecule has 5 aliphatic rings. The predicted octanol–water partition coefficient (Wildman–Crippen LogP) is 4.62. The first-order valence-corrected chi connectivity index (χ1v) is 16.8. The molecule has 2 saturated heterocycles. The van der Waals surface area contributed by atoms with Crippen molar-refractivity contribution in [2.75, 3.05) is 53.0 Å². The molecule has 2 heterocycles. The molecule has 5 atom stereocenters. The van der Waals surface area contributed by atoms with Gasteiger partial charge in [0.2, 0.25) is 5.91 Å². The summed E-state index contributed by atoms with van der Waals surface area (Å²) in [5.41, 5.74) is 0. The second-order valence-electron chi connectivity index (χ2n) is 14.0. The van der Waals surface area contributed by atoms with Gasteiger partial charge >= 0.3 is 6.18 Å². The van der Waals surface area contributed by atoms with Crippen molar-refractivity contribution >= 4 is 5.91 Å². The molecule has 3 saturated carbocycles. The Morgan fingerprint density at radius 3 is 2.12 bits per heavy atom. The Hall–Kier alpha value is -0.940. The Morgan fingerprint density at radius 2 is 1.52 bits per heavy atom. The highest BCUT2D eigenvalue weighted by atomic mass is 19.4. The predicted molar refractivity (Wildman–Crippen MR) is 155 cm³/mol. The fourth-order valence-corrected chi connectivity index (χ4v) is 8.63. The van der Waals surface area contributed by atoms with Gasteiger partial charge in [0.1, 0.15) is 0 Å². The van der Waals surface area contributed by atoms with Gasteiger partial charge in [-0.3, -0.25) is 9.69 Å². The van der Waals surface area contributed by atoms with Crippen LogP contribution < -0.4 is 5.32 Å². The van der Waals surface area contributed by atoms with Crippen LogP contribution in [0.1, 0.15) is 83.5 Å². The summed E-state index contributed by atoms with van der Waals surface area (Å²) in [5.74, 6) is 0.746. The Balaban J connectivity index is 0.982. The van der Waals surface area contributed by atoms with Gasteiger partial charge in [-0.2, -0.15) is 13.2 Å². The number of carbonyl (C=O) groups is 1. The number of aliphatic hydroxyl groups excluding tert-OH is 1. The second kappa shape index (κ2) is 14.9. The largest absolute Gasteiger partial charge is 0.396 e. The quantitative estimate of drug-likeness (QED) is 0.423. The summed E-state index contributed by atoms with van der Waals surface area (Å²) in [7, 11) is 1.82. The number of ether oxygens (including phenoxy) is 2. The number of nitrogens with zero attached hydrogens (tertiary/aromatic N) is 2. The molecule has 0 bridgehead atoms. The first-order chi connectivity index (χ1) is 20.2. The molecule has 0 aromatic heterocycles. The molecule has 0 aromatic rings. The molecular formula is C32H54F3N3O4. The normalized spacial score (nSPS) is 39.3. The van der Waals surface area contributed by atoms with Crippen molar-refractivity contribution in [2.45, 2.75) is 114 Å². The van der Waals surface area contributed by atoms with E-state index in [4.69, 9.17) is 9.47 Å². The number of carbonyl (C=O) groups excluding carboxylic acids is 1. The number of piperazine rings is 1. The van der Waals surface area contributed by atoms with Gasteiger partial charge in [-0.15, -0.1) is 0 Å². The number of hydrogen-bond donors (Lipinski definition) is 2. The maximum Gasteiger partial charge on any atom is 0.393 e. The summed E-state index contributed by atoms with van der Waals surface area (Å²) >= 11 is 0. The van der Waals surface area contributed by atoms with Gasteiger partial charge in [-0.25, -0.2) is 0 Å². The fraction of sp³-hybridized carbons (Fsp3) is 0.969. The Bertz CT molecular complexity index is 831. The van der Waals surface area contributed by atoms with Crippen LogP contribution in [0, 0.1) is 29.6 Å². The van der Waals surface area contributed by atoms with Crippen molar-refractivity contribution < 1.29 is 32.5 Å². The maximum atomic E-state index is 13.3. The van der Waals surface area contributed by atoms with E-state index in [1.807, 2.05) is 12.0 Å². The van der Waals surface area contributed by atoms with E-state index in [9.17, 15) is 23.1 Å². The smallest absolute Gasteiger partial charge is 0.393 e. The Morgan fingerprint density at radius 1 is 0.857 bits per heavy atom. The number of piperidine rings is 1. The molecule has 5 rings (SSSR count). The zero-order valence-corrected chi connectivity index (χ0v) is 25.5. The zero-order valence-electron chi connectivity index (χ0n) is 25.5. The Labute approximate surface area is 250 Å². The number of nitrogens with one attached hydrogen (secondary N) is 1. The number of hydrogen-bond acceptors (Lipinski definition) is 6. The molecule has 2 aliphatic heterocycles. The van der Waals surface area contributed by atoms with Crippen LogP contribution >= 0.6 is 0 Å². The van der Waals surface area contributed by atoms with E-state index in [1.54, 1.807) is 0 Å². The van der Waals surface area contributed by atoms with Gasteiger partial charge in [0.05, 0.1) is 24.2 Å². The summed E-state index contributed by atoms with van der Waals surface area (Å²) in [6, 6.07) is 0.0949. The summed E-state index contributed by atoms with van der Waals surface area (Å²) in [6.45, 7) is 3.91. The molecule has 3 aliphatic carbocycles. The summed E-state index contributed by atoms with van der Waals surface area (Å²) in [6.07, 6.45) is 8.97. The van der Waals surface area contributed by atoms with E-state index in [2.05, 4.69) is 10.2 Å². The van der Waals surface area contributed by atoms with E-state index in [0.717, 1.165) is 76.9 Å². The fourth-order valence-electron chi connectivity index (χ4n) is 8.63. The highest BCUT2D eigenvalue weighted by Gasteiger charge is 2.42. The highest BCUT2D eigenvalue weighted by Crippen LogP contribution is 2.42. The molecule has 0 spiro atoms. The molecule has 242 valence electrons. The van der Waals surface area contributed by atoms with Gasteiger partial charge in [-0.05, 0) is 95.3 Å². The van der Waals surface area contributed by atoms with Crippen molar-refractivity contribution in [2.24, 2.45) is 29.6 Å². The van der Waals surface area contributed by atoms with Gasteiger partial charge in [0, 0.05) is 70.9 Å². The van der Waals surface area contributed by atoms with Crippen LogP contribution in [0.2, 0.25) is 0 Å². The standard InChI is InChI=1S/C32H54F3N3O4/c1-41-28-9-2-22(3-10-28)24-6-13-30(25(18-24)21-39)42-29-11-4-23(5-12-29)31(40)38-16-14-37(15-17-38)20-27-8-7-26(19-36-27)32(33,34)35/h22-30,36,39H,2-21H2,1H3. The van der Waals surface area contributed by atoms with E-state index in [0.29, 0.717) is 31.5 Å². The molecule has 5 fully saturated rings. The number of alkyl halides is 3. The SMILES string of the molecule is COC1CCC(C2CCC(OC3CCC(C(=O)N4CCN(CC5CCC(C(F)(F)F)CN5)CC4)CC3)C(CO)C2)CC1. The first-order valence-electron chi connectivity index (χ1n) is 16.8. The molecule has 1 amide bonds. The average Bonchev–Trinajstić information content (AvgIpc) is 3.01. The minimum atomic E-state index is -4.11. The number of amides is 1. The van der Waals surface area contributed by atoms with Crippen molar-refractivity contribution in [3.05, 3.63) is 0 Å². The lowest BCUT2D eigenvalue weighted by Crippen LogP contribution is -2.55. The average molecular weight is 602 g/mol. The summed E-state index contributed by atoms with van der Waals surface area (Å²) in [5, 5.41) is 13.3. The van der Waals surface area contributed by atoms with Crippen molar-refractivity contribution in [3.63, 3.8) is 0 Å².